The summed E-state index contributed by atoms with van der Waals surface area (Å²) in [6.07, 6.45) is -0.516. The summed E-state index contributed by atoms with van der Waals surface area (Å²) in [5, 5.41) is 8.22. The van der Waals surface area contributed by atoms with Crippen LogP contribution in [0.25, 0.3) is 0 Å². The van der Waals surface area contributed by atoms with Crippen LogP contribution in [0.5, 0.6) is 0 Å². The Morgan fingerprint density at radius 2 is 1.93 bits per heavy atom. The van der Waals surface area contributed by atoms with Crippen LogP contribution in [0.2, 0.25) is 0 Å². The Morgan fingerprint density at radius 3 is 2.41 bits per heavy atom. The number of amides is 2. The van der Waals surface area contributed by atoms with Crippen LogP contribution < -0.4 is 10.5 Å². The maximum absolute atomic E-state index is 13.3. The number of hydrogen-bond acceptors (Lipinski definition) is 4. The van der Waals surface area contributed by atoms with E-state index in [4.69, 9.17) is 9.88 Å². The van der Waals surface area contributed by atoms with E-state index in [1.165, 1.54) is 13.0 Å². The van der Waals surface area contributed by atoms with Crippen LogP contribution in [-0.4, -0.2) is 27.9 Å². The van der Waals surface area contributed by atoms with Crippen LogP contribution >= 0.6 is 0 Å². The molecule has 0 radical (unpaired) electrons. The molecule has 7 nitrogen and oxygen atoms in total. The lowest BCUT2D eigenvalue weighted by Crippen LogP contribution is -2.44. The molecule has 0 fully saturated rings. The topological polar surface area (TPSA) is 111 Å². The monoisotopic (exact) mass is 401 g/mol. The number of ether oxygens (including phenoxy) is 1. The summed E-state index contributed by atoms with van der Waals surface area (Å²) in [7, 11) is -3.59. The van der Waals surface area contributed by atoms with Crippen molar-refractivity contribution in [3.05, 3.63) is 29.6 Å². The zero-order valence-corrected chi connectivity index (χ0v) is 17.4. The summed E-state index contributed by atoms with van der Waals surface area (Å²) in [6, 6.07) is 2.46. The van der Waals surface area contributed by atoms with Gasteiger partial charge in [0.05, 0.1) is 4.90 Å². The number of hydrogen-bond donors (Lipinski definition) is 2. The number of halogens is 1. The highest BCUT2D eigenvalue weighted by molar-refractivity contribution is 7.91. The molecule has 2 amide bonds. The first-order chi connectivity index (χ1) is 12.2. The average Bonchev–Trinajstić information content (AvgIpc) is 2.42. The van der Waals surface area contributed by atoms with Crippen LogP contribution in [0.3, 0.4) is 0 Å². The number of nitrogens with one attached hydrogen (secondary N) is 1. The van der Waals surface area contributed by atoms with E-state index in [-0.39, 0.29) is 17.2 Å². The first kappa shape index (κ1) is 23.0. The lowest BCUT2D eigenvalue weighted by atomic mass is 10.0. The summed E-state index contributed by atoms with van der Waals surface area (Å²) >= 11 is 0. The summed E-state index contributed by atoms with van der Waals surface area (Å²) < 4.78 is 34.8. The Labute approximate surface area is 160 Å². The molecule has 3 N–H and O–H groups in total. The van der Waals surface area contributed by atoms with Crippen molar-refractivity contribution in [1.82, 2.24) is 5.32 Å². The molecule has 0 saturated heterocycles. The summed E-state index contributed by atoms with van der Waals surface area (Å²) in [6.45, 7) is 10.3. The van der Waals surface area contributed by atoms with Crippen molar-refractivity contribution in [2.45, 2.75) is 64.5 Å². The number of rotatable bonds is 5. The molecule has 1 unspecified atom stereocenters. The maximum atomic E-state index is 13.3. The molecule has 0 aliphatic rings. The Bertz CT molecular complexity index is 824. The van der Waals surface area contributed by atoms with Gasteiger partial charge in [-0.15, -0.1) is 4.36 Å². The summed E-state index contributed by atoms with van der Waals surface area (Å²) in [5.41, 5.74) is -0.418. The molecule has 2 atom stereocenters. The van der Waals surface area contributed by atoms with Gasteiger partial charge in [-0.1, -0.05) is 13.8 Å². The number of nitrogens with two attached hydrogens (primary N) is 1. The highest BCUT2D eigenvalue weighted by atomic mass is 32.2. The highest BCUT2D eigenvalue weighted by Gasteiger charge is 2.26. The fraction of sp³-hybridized carbons (Fsp3) is 0.556. The molecule has 27 heavy (non-hydrogen) atoms. The van der Waals surface area contributed by atoms with Gasteiger partial charge in [0.25, 0.3) is 5.91 Å². The highest BCUT2D eigenvalue weighted by Crippen LogP contribution is 2.18. The zero-order chi connectivity index (χ0) is 21.0. The van der Waals surface area contributed by atoms with E-state index in [1.54, 1.807) is 20.8 Å². The molecular formula is C18H28FN3O4S. The molecule has 1 aromatic rings. The minimum atomic E-state index is -3.59. The molecule has 9 heteroatoms. The number of benzene rings is 1. The first-order valence-corrected chi connectivity index (χ1v) is 10.1. The quantitative estimate of drug-likeness (QED) is 0.788. The van der Waals surface area contributed by atoms with Gasteiger partial charge >= 0.3 is 6.09 Å². The Kier molecular flexibility index (Phi) is 7.50. The minimum absolute atomic E-state index is 0.0467. The number of carbonyl (C=O) groups is 2. The van der Waals surface area contributed by atoms with Crippen LogP contribution in [0.4, 0.5) is 9.18 Å². The SMILES string of the molecule is Cc1cc(F)ccc1S(N)(=O)=NC(=O)[C@H](CC(C)C)NC(=O)OC(C)(C)C. The molecule has 0 aliphatic heterocycles. The van der Waals surface area contributed by atoms with Crippen molar-refractivity contribution >= 4 is 21.9 Å². The van der Waals surface area contributed by atoms with Gasteiger partial charge in [-0.3, -0.25) is 4.79 Å². The third-order valence-corrected chi connectivity index (χ3v) is 4.91. The van der Waals surface area contributed by atoms with E-state index < -0.39 is 39.4 Å². The van der Waals surface area contributed by atoms with Gasteiger partial charge in [-0.2, -0.15) is 0 Å². The fourth-order valence-electron chi connectivity index (χ4n) is 2.33. The second kappa shape index (κ2) is 8.79. The van der Waals surface area contributed by atoms with Crippen molar-refractivity contribution in [1.29, 1.82) is 0 Å². The van der Waals surface area contributed by atoms with Crippen LogP contribution in [-0.2, 0) is 19.4 Å². The van der Waals surface area contributed by atoms with Gasteiger partial charge in [0.2, 0.25) is 0 Å². The van der Waals surface area contributed by atoms with Crippen LogP contribution in [0.1, 0.15) is 46.6 Å². The van der Waals surface area contributed by atoms with Gasteiger partial charge in [-0.05, 0) is 63.8 Å². The number of carbonyl (C=O) groups excluding carboxylic acids is 2. The van der Waals surface area contributed by atoms with Crippen molar-refractivity contribution in [2.24, 2.45) is 15.4 Å². The lowest BCUT2D eigenvalue weighted by Gasteiger charge is -2.23. The molecule has 1 aromatic carbocycles. The molecular weight excluding hydrogens is 373 g/mol. The van der Waals surface area contributed by atoms with Crippen LogP contribution in [0.15, 0.2) is 27.5 Å². The largest absolute Gasteiger partial charge is 0.444 e. The van der Waals surface area contributed by atoms with Crippen LogP contribution in [0, 0.1) is 18.7 Å². The standard InChI is InChI=1S/C18H28FN3O4S/c1-11(2)9-14(21-17(24)26-18(4,5)6)16(23)22-27(20,25)15-8-7-13(19)10-12(15)3/h7-8,10-11,14H,9H2,1-6H3,(H,21,24)(H2,20,22,23,25)/t14-,27?/m0/s1. The smallest absolute Gasteiger partial charge is 0.408 e. The molecule has 152 valence electrons. The Hall–Kier alpha value is -2.00. The predicted octanol–water partition coefficient (Wildman–Crippen LogP) is 3.30. The van der Waals surface area contributed by atoms with Gasteiger partial charge in [0, 0.05) is 0 Å². The molecule has 1 rings (SSSR count). The number of nitrogens with zero attached hydrogens (tertiary/aromatic N) is 1. The third-order valence-electron chi connectivity index (χ3n) is 3.37. The Balaban J connectivity index is 3.15. The molecule has 0 saturated carbocycles. The lowest BCUT2D eigenvalue weighted by molar-refractivity contribution is -0.120. The van der Waals surface area contributed by atoms with Gasteiger partial charge in [-0.25, -0.2) is 18.5 Å². The van der Waals surface area contributed by atoms with Crippen molar-refractivity contribution in [3.8, 4) is 0 Å². The summed E-state index contributed by atoms with van der Waals surface area (Å²) in [5.74, 6) is -1.29. The van der Waals surface area contributed by atoms with E-state index >= 15 is 0 Å². The average molecular weight is 402 g/mol. The van der Waals surface area contributed by atoms with E-state index in [9.17, 15) is 18.2 Å². The molecule has 0 spiro atoms. The van der Waals surface area contributed by atoms with E-state index in [0.29, 0.717) is 5.56 Å². The van der Waals surface area contributed by atoms with Crippen molar-refractivity contribution < 1.29 is 22.9 Å². The molecule has 0 aromatic heterocycles. The molecule has 0 heterocycles. The van der Waals surface area contributed by atoms with Crippen molar-refractivity contribution in [2.75, 3.05) is 0 Å². The van der Waals surface area contributed by atoms with Gasteiger partial charge in [0.1, 0.15) is 27.4 Å². The van der Waals surface area contributed by atoms with E-state index in [0.717, 1.165) is 12.1 Å². The molecule has 0 bridgehead atoms. The van der Waals surface area contributed by atoms with Gasteiger partial charge in [0.15, 0.2) is 0 Å². The Morgan fingerprint density at radius 1 is 1.33 bits per heavy atom. The third kappa shape index (κ3) is 7.64. The second-order valence-electron chi connectivity index (χ2n) is 7.74. The van der Waals surface area contributed by atoms with Crippen molar-refractivity contribution in [3.63, 3.8) is 0 Å². The minimum Gasteiger partial charge on any atom is -0.444 e. The normalized spacial score (nSPS) is 15.0. The van der Waals surface area contributed by atoms with Gasteiger partial charge < -0.3 is 10.1 Å². The number of alkyl carbamates (subject to hydrolysis) is 1. The molecule has 0 aliphatic carbocycles. The fourth-order valence-corrected chi connectivity index (χ4v) is 3.61. The van der Waals surface area contributed by atoms with E-state index in [2.05, 4.69) is 9.68 Å². The summed E-state index contributed by atoms with van der Waals surface area (Å²) in [4.78, 5) is 24.7. The number of aryl methyl sites for hydroxylation is 1. The maximum Gasteiger partial charge on any atom is 0.408 e. The second-order valence-corrected chi connectivity index (χ2v) is 9.50. The van der Waals surface area contributed by atoms with E-state index in [1.807, 2.05) is 13.8 Å². The predicted molar refractivity (Wildman–Crippen MR) is 102 cm³/mol. The zero-order valence-electron chi connectivity index (χ0n) is 16.5. The first-order valence-electron chi connectivity index (χ1n) is 8.55.